The number of allylic oxidation sites excluding steroid dienone is 1. The van der Waals surface area contributed by atoms with Gasteiger partial charge in [0.05, 0.1) is 5.57 Å². The SMILES string of the molecule is CC1=C(C(=O)O)C(c2ccc(F)cc2Br)N=C(c2ncns2)N1. The van der Waals surface area contributed by atoms with Crippen molar-refractivity contribution in [3.63, 3.8) is 0 Å². The van der Waals surface area contributed by atoms with E-state index < -0.39 is 17.8 Å². The number of rotatable bonds is 3. The predicted molar refractivity (Wildman–Crippen MR) is 86.8 cm³/mol. The lowest BCUT2D eigenvalue weighted by Gasteiger charge is -2.24. The van der Waals surface area contributed by atoms with Gasteiger partial charge in [-0.05, 0) is 36.2 Å². The number of carboxylic acid groups (broad SMARTS) is 1. The van der Waals surface area contributed by atoms with E-state index in [0.29, 0.717) is 26.6 Å². The lowest BCUT2D eigenvalue weighted by Crippen LogP contribution is -2.32. The van der Waals surface area contributed by atoms with Gasteiger partial charge in [0, 0.05) is 10.2 Å². The summed E-state index contributed by atoms with van der Waals surface area (Å²) in [5.41, 5.74) is 1.12. The molecule has 2 aromatic rings. The van der Waals surface area contributed by atoms with Gasteiger partial charge in [-0.3, -0.25) is 4.99 Å². The van der Waals surface area contributed by atoms with Gasteiger partial charge in [0.15, 0.2) is 10.8 Å². The van der Waals surface area contributed by atoms with Crippen molar-refractivity contribution in [2.45, 2.75) is 13.0 Å². The number of aromatic nitrogens is 2. The molecule has 1 aliphatic rings. The largest absolute Gasteiger partial charge is 0.478 e. The van der Waals surface area contributed by atoms with Crippen molar-refractivity contribution in [1.82, 2.24) is 14.7 Å². The maximum Gasteiger partial charge on any atom is 0.335 e. The Labute approximate surface area is 143 Å². The highest BCUT2D eigenvalue weighted by atomic mass is 79.9. The van der Waals surface area contributed by atoms with Crippen LogP contribution in [0, 0.1) is 5.82 Å². The second-order valence-corrected chi connectivity index (χ2v) is 6.40. The first-order valence-electron chi connectivity index (χ1n) is 6.48. The average Bonchev–Trinajstić information content (AvgIpc) is 3.00. The second kappa shape index (κ2) is 6.17. The normalized spacial score (nSPS) is 17.7. The molecular formula is C14H10BrFN4O2S. The number of aliphatic imine (C=N–C) groups is 1. The molecule has 3 rings (SSSR count). The van der Waals surface area contributed by atoms with E-state index in [1.807, 2.05) is 0 Å². The Kier molecular flexibility index (Phi) is 4.22. The summed E-state index contributed by atoms with van der Waals surface area (Å²) in [4.78, 5) is 20.2. The molecule has 0 spiro atoms. The summed E-state index contributed by atoms with van der Waals surface area (Å²) >= 11 is 4.43. The van der Waals surface area contributed by atoms with Gasteiger partial charge in [0.2, 0.25) is 0 Å². The number of halogens is 2. The molecule has 0 saturated heterocycles. The van der Waals surface area contributed by atoms with Gasteiger partial charge in [-0.25, -0.2) is 14.2 Å². The fraction of sp³-hybridized carbons (Fsp3) is 0.143. The van der Waals surface area contributed by atoms with Crippen molar-refractivity contribution >= 4 is 39.3 Å². The molecule has 118 valence electrons. The van der Waals surface area contributed by atoms with Gasteiger partial charge in [0.25, 0.3) is 0 Å². The number of carbonyl (C=O) groups is 1. The molecule has 1 atom stereocenters. The summed E-state index contributed by atoms with van der Waals surface area (Å²) in [6.07, 6.45) is 1.40. The molecule has 0 aliphatic carbocycles. The minimum Gasteiger partial charge on any atom is -0.478 e. The zero-order valence-corrected chi connectivity index (χ0v) is 14.2. The molecule has 1 unspecified atom stereocenters. The van der Waals surface area contributed by atoms with Crippen LogP contribution in [0.4, 0.5) is 4.39 Å². The van der Waals surface area contributed by atoms with Crippen molar-refractivity contribution in [3.8, 4) is 0 Å². The third-order valence-electron chi connectivity index (χ3n) is 3.29. The van der Waals surface area contributed by atoms with Gasteiger partial charge in [0.1, 0.15) is 18.2 Å². The molecule has 0 bridgehead atoms. The van der Waals surface area contributed by atoms with Crippen LogP contribution in [0.15, 0.2) is 45.3 Å². The Morgan fingerprint density at radius 1 is 1.48 bits per heavy atom. The maximum absolute atomic E-state index is 13.3. The summed E-state index contributed by atoms with van der Waals surface area (Å²) in [6.45, 7) is 1.66. The minimum absolute atomic E-state index is 0.102. The van der Waals surface area contributed by atoms with Crippen molar-refractivity contribution in [1.29, 1.82) is 0 Å². The monoisotopic (exact) mass is 396 g/mol. The predicted octanol–water partition coefficient (Wildman–Crippen LogP) is 2.89. The first-order chi connectivity index (χ1) is 11.0. The van der Waals surface area contributed by atoms with E-state index in [1.54, 1.807) is 6.92 Å². The first-order valence-corrected chi connectivity index (χ1v) is 8.05. The minimum atomic E-state index is -1.09. The van der Waals surface area contributed by atoms with Crippen molar-refractivity contribution < 1.29 is 14.3 Å². The van der Waals surface area contributed by atoms with Crippen molar-refractivity contribution in [2.24, 2.45) is 4.99 Å². The number of nitrogens with zero attached hydrogens (tertiary/aromatic N) is 3. The fourth-order valence-corrected chi connectivity index (χ4v) is 3.33. The quantitative estimate of drug-likeness (QED) is 0.832. The van der Waals surface area contributed by atoms with Gasteiger partial charge < -0.3 is 10.4 Å². The molecule has 0 fully saturated rings. The molecule has 2 N–H and O–H groups in total. The third kappa shape index (κ3) is 3.02. The molecular weight excluding hydrogens is 387 g/mol. The van der Waals surface area contributed by atoms with Gasteiger partial charge >= 0.3 is 5.97 Å². The highest BCUT2D eigenvalue weighted by Crippen LogP contribution is 2.35. The van der Waals surface area contributed by atoms with Crippen molar-refractivity contribution in [2.75, 3.05) is 0 Å². The molecule has 0 radical (unpaired) electrons. The Bertz CT molecular complexity index is 835. The number of hydrogen-bond acceptors (Lipinski definition) is 6. The Balaban J connectivity index is 2.14. The standard InChI is InChI=1S/C14H10BrFN4O2S/c1-6-10(14(21)22)11(8-3-2-7(16)4-9(8)15)20-12(19-6)13-17-5-18-23-13/h2-5,11H,1H3,(H,19,20)(H,21,22). The molecule has 0 amide bonds. The number of carboxylic acids is 1. The number of hydrogen-bond donors (Lipinski definition) is 2. The molecule has 9 heteroatoms. The van der Waals surface area contributed by atoms with Crippen LogP contribution in [-0.4, -0.2) is 26.3 Å². The van der Waals surface area contributed by atoms with E-state index in [9.17, 15) is 14.3 Å². The van der Waals surface area contributed by atoms with Crippen LogP contribution < -0.4 is 5.32 Å². The maximum atomic E-state index is 13.3. The van der Waals surface area contributed by atoms with Crippen LogP contribution in [-0.2, 0) is 4.79 Å². The Hall–Kier alpha value is -2.13. The van der Waals surface area contributed by atoms with Crippen LogP contribution in [0.1, 0.15) is 23.5 Å². The van der Waals surface area contributed by atoms with E-state index in [1.165, 1.54) is 24.5 Å². The molecule has 1 aromatic carbocycles. The van der Waals surface area contributed by atoms with E-state index in [4.69, 9.17) is 0 Å². The molecule has 1 aliphatic heterocycles. The Morgan fingerprint density at radius 3 is 2.87 bits per heavy atom. The lowest BCUT2D eigenvalue weighted by molar-refractivity contribution is -0.133. The van der Waals surface area contributed by atoms with Gasteiger partial charge in [-0.15, -0.1) is 0 Å². The second-order valence-electron chi connectivity index (χ2n) is 4.76. The number of amidine groups is 1. The fourth-order valence-electron chi connectivity index (χ4n) is 2.29. The topological polar surface area (TPSA) is 87.5 Å². The first kappa shape index (κ1) is 15.8. The zero-order chi connectivity index (χ0) is 16.6. The molecule has 0 saturated carbocycles. The third-order valence-corrected chi connectivity index (χ3v) is 4.65. The van der Waals surface area contributed by atoms with Crippen LogP contribution in [0.2, 0.25) is 0 Å². The van der Waals surface area contributed by atoms with E-state index in [2.05, 4.69) is 35.6 Å². The average molecular weight is 397 g/mol. The van der Waals surface area contributed by atoms with Gasteiger partial charge in [-0.2, -0.15) is 4.37 Å². The van der Waals surface area contributed by atoms with Crippen LogP contribution in [0.5, 0.6) is 0 Å². The lowest BCUT2D eigenvalue weighted by atomic mass is 9.96. The van der Waals surface area contributed by atoms with E-state index >= 15 is 0 Å². The van der Waals surface area contributed by atoms with E-state index in [-0.39, 0.29) is 5.57 Å². The molecule has 23 heavy (non-hydrogen) atoms. The molecule has 1 aromatic heterocycles. The van der Waals surface area contributed by atoms with Crippen molar-refractivity contribution in [3.05, 3.63) is 56.7 Å². The summed E-state index contributed by atoms with van der Waals surface area (Å²) in [5.74, 6) is -1.06. The summed E-state index contributed by atoms with van der Waals surface area (Å²) in [5, 5.41) is 13.0. The van der Waals surface area contributed by atoms with E-state index in [0.717, 1.165) is 11.5 Å². The number of aliphatic carboxylic acids is 1. The number of benzene rings is 1. The van der Waals surface area contributed by atoms with Gasteiger partial charge in [-0.1, -0.05) is 22.0 Å². The smallest absolute Gasteiger partial charge is 0.335 e. The van der Waals surface area contributed by atoms with Crippen LogP contribution >= 0.6 is 27.5 Å². The highest BCUT2D eigenvalue weighted by molar-refractivity contribution is 9.10. The molecule has 6 nitrogen and oxygen atoms in total. The number of nitrogens with one attached hydrogen (secondary N) is 1. The molecule has 2 heterocycles. The Morgan fingerprint density at radius 2 is 2.26 bits per heavy atom. The summed E-state index contributed by atoms with van der Waals surface area (Å²) < 4.78 is 17.7. The van der Waals surface area contributed by atoms with Crippen LogP contribution in [0.3, 0.4) is 0 Å². The summed E-state index contributed by atoms with van der Waals surface area (Å²) in [6, 6.07) is 3.30. The van der Waals surface area contributed by atoms with Crippen LogP contribution in [0.25, 0.3) is 0 Å². The summed E-state index contributed by atoms with van der Waals surface area (Å²) in [7, 11) is 0. The zero-order valence-electron chi connectivity index (χ0n) is 11.7. The highest BCUT2D eigenvalue weighted by Gasteiger charge is 2.31.